The van der Waals surface area contributed by atoms with Crippen molar-refractivity contribution < 1.29 is 14.7 Å². The minimum atomic E-state index is -1.05. The third kappa shape index (κ3) is 4.22. The van der Waals surface area contributed by atoms with Crippen LogP contribution >= 0.6 is 0 Å². The molecule has 0 bridgehead atoms. The summed E-state index contributed by atoms with van der Waals surface area (Å²) in [4.78, 5) is 23.8. The van der Waals surface area contributed by atoms with Crippen molar-refractivity contribution in [3.05, 3.63) is 0 Å². The summed E-state index contributed by atoms with van der Waals surface area (Å²) >= 11 is 0. The van der Waals surface area contributed by atoms with Gasteiger partial charge in [0.2, 0.25) is 5.91 Å². The molecule has 0 radical (unpaired) electrons. The lowest BCUT2D eigenvalue weighted by Crippen LogP contribution is -2.57. The molecular weight excluding hydrogens is 254 g/mol. The SMILES string of the molecule is CC1CCCC(NC(=O)CC(C)C(C)(C)C)(C(=O)O)C1. The van der Waals surface area contributed by atoms with Crippen molar-refractivity contribution in [2.75, 3.05) is 0 Å². The van der Waals surface area contributed by atoms with E-state index in [0.29, 0.717) is 25.2 Å². The minimum Gasteiger partial charge on any atom is -0.480 e. The molecule has 1 amide bonds. The summed E-state index contributed by atoms with van der Waals surface area (Å²) in [6.45, 7) is 10.4. The third-order valence-corrected chi connectivity index (χ3v) is 4.76. The molecule has 2 N–H and O–H groups in total. The van der Waals surface area contributed by atoms with Crippen LogP contribution in [0.1, 0.15) is 66.7 Å². The maximum Gasteiger partial charge on any atom is 0.329 e. The molecule has 0 saturated heterocycles. The number of nitrogens with one attached hydrogen (secondary N) is 1. The average molecular weight is 283 g/mol. The fourth-order valence-electron chi connectivity index (χ4n) is 2.81. The van der Waals surface area contributed by atoms with Crippen molar-refractivity contribution in [2.24, 2.45) is 17.3 Å². The summed E-state index contributed by atoms with van der Waals surface area (Å²) in [7, 11) is 0. The zero-order chi connectivity index (χ0) is 15.6. The van der Waals surface area contributed by atoms with Crippen LogP contribution < -0.4 is 5.32 Å². The van der Waals surface area contributed by atoms with E-state index in [1.54, 1.807) is 0 Å². The van der Waals surface area contributed by atoms with Crippen molar-refractivity contribution in [2.45, 2.75) is 72.3 Å². The molecule has 0 spiro atoms. The maximum absolute atomic E-state index is 12.2. The largest absolute Gasteiger partial charge is 0.480 e. The fourth-order valence-corrected chi connectivity index (χ4v) is 2.81. The molecule has 0 aliphatic heterocycles. The van der Waals surface area contributed by atoms with Crippen LogP contribution in [0.5, 0.6) is 0 Å². The summed E-state index contributed by atoms with van der Waals surface area (Å²) in [6.07, 6.45) is 3.37. The molecule has 1 saturated carbocycles. The lowest BCUT2D eigenvalue weighted by molar-refractivity contribution is -0.150. The first kappa shape index (κ1) is 17.0. The number of amides is 1. The van der Waals surface area contributed by atoms with Crippen molar-refractivity contribution in [1.29, 1.82) is 0 Å². The average Bonchev–Trinajstić information content (AvgIpc) is 2.26. The number of carbonyl (C=O) groups is 2. The molecule has 116 valence electrons. The second kappa shape index (κ2) is 6.15. The Morgan fingerprint density at radius 1 is 1.40 bits per heavy atom. The molecule has 0 aromatic carbocycles. The van der Waals surface area contributed by atoms with Crippen LogP contribution in [-0.4, -0.2) is 22.5 Å². The normalized spacial score (nSPS) is 28.8. The number of aliphatic carboxylic acids is 1. The molecule has 3 unspecified atom stereocenters. The van der Waals surface area contributed by atoms with Gasteiger partial charge in [0.1, 0.15) is 5.54 Å². The molecule has 1 fully saturated rings. The van der Waals surface area contributed by atoms with Gasteiger partial charge < -0.3 is 10.4 Å². The number of rotatable bonds is 4. The van der Waals surface area contributed by atoms with E-state index >= 15 is 0 Å². The Bertz CT molecular complexity index is 372. The van der Waals surface area contributed by atoms with Crippen LogP contribution in [0.2, 0.25) is 0 Å². The smallest absolute Gasteiger partial charge is 0.329 e. The predicted octanol–water partition coefficient (Wildman–Crippen LogP) is 3.21. The van der Waals surface area contributed by atoms with Crippen LogP contribution in [0.3, 0.4) is 0 Å². The third-order valence-electron chi connectivity index (χ3n) is 4.76. The van der Waals surface area contributed by atoms with E-state index in [-0.39, 0.29) is 17.2 Å². The second-order valence-electron chi connectivity index (χ2n) is 7.61. The van der Waals surface area contributed by atoms with Gasteiger partial charge in [-0.1, -0.05) is 47.5 Å². The Labute approximate surface area is 122 Å². The summed E-state index contributed by atoms with van der Waals surface area (Å²) in [5.74, 6) is -0.459. The van der Waals surface area contributed by atoms with Gasteiger partial charge in [-0.25, -0.2) is 4.79 Å². The van der Waals surface area contributed by atoms with E-state index in [4.69, 9.17) is 0 Å². The molecule has 0 aromatic heterocycles. The molecular formula is C16H29NO3. The van der Waals surface area contributed by atoms with Crippen LogP contribution in [0.4, 0.5) is 0 Å². The van der Waals surface area contributed by atoms with Gasteiger partial charge in [0.15, 0.2) is 0 Å². The van der Waals surface area contributed by atoms with Gasteiger partial charge in [0.25, 0.3) is 0 Å². The first-order valence-corrected chi connectivity index (χ1v) is 7.61. The molecule has 1 aliphatic carbocycles. The topological polar surface area (TPSA) is 66.4 Å². The first-order chi connectivity index (χ1) is 9.07. The summed E-state index contributed by atoms with van der Waals surface area (Å²) < 4.78 is 0. The van der Waals surface area contributed by atoms with Crippen LogP contribution in [-0.2, 0) is 9.59 Å². The van der Waals surface area contributed by atoms with Gasteiger partial charge in [0.05, 0.1) is 0 Å². The molecule has 1 aliphatic rings. The number of hydrogen-bond acceptors (Lipinski definition) is 2. The van der Waals surface area contributed by atoms with Gasteiger partial charge in [0, 0.05) is 6.42 Å². The Morgan fingerprint density at radius 2 is 2.00 bits per heavy atom. The van der Waals surface area contributed by atoms with E-state index in [1.165, 1.54) is 0 Å². The Hall–Kier alpha value is -1.06. The monoisotopic (exact) mass is 283 g/mol. The standard InChI is InChI=1S/C16H29NO3/c1-11-7-6-8-16(10-11,14(19)20)17-13(18)9-12(2)15(3,4)5/h11-12H,6-10H2,1-5H3,(H,17,18)(H,19,20). The second-order valence-corrected chi connectivity index (χ2v) is 7.61. The van der Waals surface area contributed by atoms with Gasteiger partial charge in [-0.2, -0.15) is 0 Å². The Kier molecular flexibility index (Phi) is 5.22. The molecule has 1 rings (SSSR count). The molecule has 3 atom stereocenters. The van der Waals surface area contributed by atoms with E-state index < -0.39 is 11.5 Å². The number of carbonyl (C=O) groups excluding carboxylic acids is 1. The predicted molar refractivity (Wildman–Crippen MR) is 79.4 cm³/mol. The van der Waals surface area contributed by atoms with E-state index in [1.807, 2.05) is 6.92 Å². The molecule has 4 heteroatoms. The zero-order valence-electron chi connectivity index (χ0n) is 13.5. The lowest BCUT2D eigenvalue weighted by Gasteiger charge is -2.37. The number of hydrogen-bond donors (Lipinski definition) is 2. The van der Waals surface area contributed by atoms with Gasteiger partial charge >= 0.3 is 5.97 Å². The minimum absolute atomic E-state index is 0.0492. The van der Waals surface area contributed by atoms with Crippen LogP contribution in [0.15, 0.2) is 0 Å². The summed E-state index contributed by atoms with van der Waals surface area (Å²) in [5.41, 5.74) is -1.00. The lowest BCUT2D eigenvalue weighted by atomic mass is 9.75. The fraction of sp³-hybridized carbons (Fsp3) is 0.875. The summed E-state index contributed by atoms with van der Waals surface area (Å²) in [6, 6.07) is 0. The van der Waals surface area contributed by atoms with Crippen LogP contribution in [0, 0.1) is 17.3 Å². The van der Waals surface area contributed by atoms with Gasteiger partial charge in [-0.3, -0.25) is 4.79 Å². The molecule has 4 nitrogen and oxygen atoms in total. The van der Waals surface area contributed by atoms with E-state index in [9.17, 15) is 14.7 Å². The number of carboxylic acid groups (broad SMARTS) is 1. The number of carboxylic acids is 1. The Balaban J connectivity index is 2.72. The van der Waals surface area contributed by atoms with Crippen molar-refractivity contribution in [1.82, 2.24) is 5.32 Å². The van der Waals surface area contributed by atoms with Crippen molar-refractivity contribution >= 4 is 11.9 Å². The van der Waals surface area contributed by atoms with E-state index in [2.05, 4.69) is 33.0 Å². The van der Waals surface area contributed by atoms with Gasteiger partial charge in [-0.15, -0.1) is 0 Å². The quantitative estimate of drug-likeness (QED) is 0.832. The molecule has 0 heterocycles. The molecule has 0 aromatic rings. The van der Waals surface area contributed by atoms with Crippen molar-refractivity contribution in [3.8, 4) is 0 Å². The first-order valence-electron chi connectivity index (χ1n) is 7.61. The highest BCUT2D eigenvalue weighted by molar-refractivity contribution is 5.87. The highest BCUT2D eigenvalue weighted by Gasteiger charge is 2.43. The molecule has 20 heavy (non-hydrogen) atoms. The van der Waals surface area contributed by atoms with Crippen molar-refractivity contribution in [3.63, 3.8) is 0 Å². The maximum atomic E-state index is 12.2. The highest BCUT2D eigenvalue weighted by Crippen LogP contribution is 2.33. The summed E-state index contributed by atoms with van der Waals surface area (Å²) in [5, 5.41) is 12.4. The van der Waals surface area contributed by atoms with Crippen LogP contribution in [0.25, 0.3) is 0 Å². The Morgan fingerprint density at radius 3 is 2.45 bits per heavy atom. The van der Waals surface area contributed by atoms with E-state index in [0.717, 1.165) is 12.8 Å². The zero-order valence-corrected chi connectivity index (χ0v) is 13.5. The highest BCUT2D eigenvalue weighted by atomic mass is 16.4. The van der Waals surface area contributed by atoms with Gasteiger partial charge in [-0.05, 0) is 30.1 Å².